The fourth-order valence-corrected chi connectivity index (χ4v) is 4.51. The number of amides is 1. The van der Waals surface area contributed by atoms with E-state index < -0.39 is 5.54 Å². The number of carbonyl (C=O) groups excluding carboxylic acids is 1. The summed E-state index contributed by atoms with van der Waals surface area (Å²) < 4.78 is 0. The standard InChI is InChI=1S/C23H32N4OS/c1-29-21-4-2-20(3-5-21)23(22(24)28,12-6-18-7-13-25-14-8-18)27-17-11-19-9-15-26-16-10-19/h2-5,7-8,13-14,19,26-27H,6,9-12,15-17H2,1H3,(H2,24,28). The lowest BCUT2D eigenvalue weighted by Gasteiger charge is -2.34. The van der Waals surface area contributed by atoms with Crippen LogP contribution >= 0.6 is 11.8 Å². The zero-order chi connectivity index (χ0) is 20.5. The normalized spacial score (nSPS) is 17.0. The Bertz CT molecular complexity index is 762. The zero-order valence-electron chi connectivity index (χ0n) is 17.2. The Morgan fingerprint density at radius 3 is 2.52 bits per heavy atom. The van der Waals surface area contributed by atoms with Crippen LogP contribution in [0, 0.1) is 5.92 Å². The lowest BCUT2D eigenvalue weighted by Crippen LogP contribution is -2.53. The molecule has 0 bridgehead atoms. The van der Waals surface area contributed by atoms with Crippen molar-refractivity contribution in [1.29, 1.82) is 0 Å². The van der Waals surface area contributed by atoms with E-state index >= 15 is 0 Å². The molecule has 1 aromatic carbocycles. The van der Waals surface area contributed by atoms with Crippen molar-refractivity contribution >= 4 is 17.7 Å². The number of rotatable bonds is 10. The van der Waals surface area contributed by atoms with Crippen molar-refractivity contribution in [2.75, 3.05) is 25.9 Å². The summed E-state index contributed by atoms with van der Waals surface area (Å²) in [6.45, 7) is 2.96. The molecule has 5 nitrogen and oxygen atoms in total. The van der Waals surface area contributed by atoms with Crippen LogP contribution in [0.5, 0.6) is 0 Å². The van der Waals surface area contributed by atoms with Crippen molar-refractivity contribution in [3.05, 3.63) is 59.9 Å². The van der Waals surface area contributed by atoms with Crippen LogP contribution in [-0.2, 0) is 16.8 Å². The monoisotopic (exact) mass is 412 g/mol. The molecule has 0 spiro atoms. The van der Waals surface area contributed by atoms with E-state index in [2.05, 4.69) is 34.0 Å². The maximum Gasteiger partial charge on any atom is 0.242 e. The second kappa shape index (κ2) is 10.8. The van der Waals surface area contributed by atoms with Crippen molar-refractivity contribution < 1.29 is 4.79 Å². The van der Waals surface area contributed by atoms with Crippen molar-refractivity contribution in [3.8, 4) is 0 Å². The number of thioether (sulfide) groups is 1. The van der Waals surface area contributed by atoms with Crippen LogP contribution in [0.4, 0.5) is 0 Å². The molecule has 1 saturated heterocycles. The Morgan fingerprint density at radius 1 is 1.21 bits per heavy atom. The minimum absolute atomic E-state index is 0.311. The molecule has 1 unspecified atom stereocenters. The van der Waals surface area contributed by atoms with Gasteiger partial charge in [0.05, 0.1) is 0 Å². The summed E-state index contributed by atoms with van der Waals surface area (Å²) in [7, 11) is 0. The number of aryl methyl sites for hydroxylation is 1. The predicted molar refractivity (Wildman–Crippen MR) is 120 cm³/mol. The van der Waals surface area contributed by atoms with E-state index in [1.165, 1.54) is 17.7 Å². The van der Waals surface area contributed by atoms with Gasteiger partial charge < -0.3 is 11.1 Å². The molecule has 1 aliphatic heterocycles. The fraction of sp³-hybridized carbons (Fsp3) is 0.478. The number of nitrogens with one attached hydrogen (secondary N) is 2. The van der Waals surface area contributed by atoms with Crippen LogP contribution < -0.4 is 16.4 Å². The molecule has 1 amide bonds. The summed E-state index contributed by atoms with van der Waals surface area (Å²) in [4.78, 5) is 18.1. The van der Waals surface area contributed by atoms with Gasteiger partial charge in [-0.05, 0) is 99.3 Å². The smallest absolute Gasteiger partial charge is 0.242 e. The Kier molecular flexibility index (Phi) is 8.09. The minimum atomic E-state index is -0.868. The molecule has 0 aliphatic carbocycles. The van der Waals surface area contributed by atoms with Gasteiger partial charge in [-0.25, -0.2) is 0 Å². The zero-order valence-corrected chi connectivity index (χ0v) is 18.0. The molecule has 1 aromatic heterocycles. The summed E-state index contributed by atoms with van der Waals surface area (Å²) in [5.74, 6) is 0.391. The van der Waals surface area contributed by atoms with E-state index in [1.807, 2.05) is 24.3 Å². The third-order valence-electron chi connectivity index (χ3n) is 5.98. The lowest BCUT2D eigenvalue weighted by atomic mass is 9.83. The SMILES string of the molecule is CSc1ccc(C(CCc2ccncc2)(NCCC2CCNCC2)C(N)=O)cc1. The first kappa shape index (κ1) is 21.8. The van der Waals surface area contributed by atoms with Crippen molar-refractivity contribution in [1.82, 2.24) is 15.6 Å². The molecular weight excluding hydrogens is 380 g/mol. The van der Waals surface area contributed by atoms with Gasteiger partial charge in [-0.1, -0.05) is 12.1 Å². The molecule has 6 heteroatoms. The molecule has 156 valence electrons. The number of pyridine rings is 1. The summed E-state index contributed by atoms with van der Waals surface area (Å²) in [5.41, 5.74) is 7.27. The van der Waals surface area contributed by atoms with Crippen LogP contribution in [0.25, 0.3) is 0 Å². The van der Waals surface area contributed by atoms with Gasteiger partial charge in [0.2, 0.25) is 5.91 Å². The third kappa shape index (κ3) is 5.81. The van der Waals surface area contributed by atoms with Gasteiger partial charge in [-0.15, -0.1) is 11.8 Å². The molecular formula is C23H32N4OS. The summed E-state index contributed by atoms with van der Waals surface area (Å²) >= 11 is 1.69. The Labute approximate surface area is 178 Å². The highest BCUT2D eigenvalue weighted by atomic mass is 32.2. The number of hydrogen-bond donors (Lipinski definition) is 3. The number of benzene rings is 1. The number of nitrogens with zero attached hydrogens (tertiary/aromatic N) is 1. The number of carbonyl (C=O) groups is 1. The van der Waals surface area contributed by atoms with Crippen LogP contribution in [0.3, 0.4) is 0 Å². The number of nitrogens with two attached hydrogens (primary N) is 1. The molecule has 2 heterocycles. The summed E-state index contributed by atoms with van der Waals surface area (Å²) in [6.07, 6.45) is 10.5. The number of primary amides is 1. The minimum Gasteiger partial charge on any atom is -0.368 e. The molecule has 1 aliphatic rings. The van der Waals surface area contributed by atoms with Crippen molar-refractivity contribution in [2.24, 2.45) is 11.7 Å². The summed E-state index contributed by atoms with van der Waals surface area (Å²) in [5, 5.41) is 7.00. The van der Waals surface area contributed by atoms with Crippen LogP contribution in [0.1, 0.15) is 36.8 Å². The van der Waals surface area contributed by atoms with Crippen LogP contribution in [0.2, 0.25) is 0 Å². The van der Waals surface area contributed by atoms with Gasteiger partial charge in [-0.2, -0.15) is 0 Å². The van der Waals surface area contributed by atoms with E-state index in [0.29, 0.717) is 12.3 Å². The average molecular weight is 413 g/mol. The highest BCUT2D eigenvalue weighted by molar-refractivity contribution is 7.98. The van der Waals surface area contributed by atoms with E-state index in [1.54, 1.807) is 24.2 Å². The largest absolute Gasteiger partial charge is 0.368 e. The van der Waals surface area contributed by atoms with E-state index in [4.69, 9.17) is 5.73 Å². The first-order valence-corrected chi connectivity index (χ1v) is 11.7. The molecule has 0 saturated carbocycles. The maximum atomic E-state index is 12.8. The molecule has 1 atom stereocenters. The quantitative estimate of drug-likeness (QED) is 0.523. The molecule has 1 fully saturated rings. The number of aromatic nitrogens is 1. The first-order chi connectivity index (χ1) is 14.1. The highest BCUT2D eigenvalue weighted by Gasteiger charge is 2.37. The predicted octanol–water partition coefficient (Wildman–Crippen LogP) is 3.10. The highest BCUT2D eigenvalue weighted by Crippen LogP contribution is 2.29. The van der Waals surface area contributed by atoms with Crippen LogP contribution in [0.15, 0.2) is 53.7 Å². The van der Waals surface area contributed by atoms with Crippen molar-refractivity contribution in [3.63, 3.8) is 0 Å². The van der Waals surface area contributed by atoms with E-state index in [0.717, 1.165) is 43.6 Å². The van der Waals surface area contributed by atoms with Gasteiger partial charge in [0, 0.05) is 17.3 Å². The molecule has 4 N–H and O–H groups in total. The lowest BCUT2D eigenvalue weighted by molar-refractivity contribution is -0.125. The van der Waals surface area contributed by atoms with Gasteiger partial charge >= 0.3 is 0 Å². The topological polar surface area (TPSA) is 80.0 Å². The Morgan fingerprint density at radius 2 is 1.90 bits per heavy atom. The Hall–Kier alpha value is -1.89. The second-order valence-corrected chi connectivity index (χ2v) is 8.64. The fourth-order valence-electron chi connectivity index (χ4n) is 4.10. The number of hydrogen-bond acceptors (Lipinski definition) is 5. The third-order valence-corrected chi connectivity index (χ3v) is 6.72. The average Bonchev–Trinajstić information content (AvgIpc) is 2.77. The maximum absolute atomic E-state index is 12.8. The molecule has 29 heavy (non-hydrogen) atoms. The van der Waals surface area contributed by atoms with Gasteiger partial charge in [0.15, 0.2) is 0 Å². The molecule has 3 rings (SSSR count). The van der Waals surface area contributed by atoms with Gasteiger partial charge in [0.25, 0.3) is 0 Å². The molecule has 0 radical (unpaired) electrons. The summed E-state index contributed by atoms with van der Waals surface area (Å²) in [6, 6.07) is 12.2. The second-order valence-electron chi connectivity index (χ2n) is 7.76. The van der Waals surface area contributed by atoms with E-state index in [9.17, 15) is 4.79 Å². The number of piperidine rings is 1. The van der Waals surface area contributed by atoms with Gasteiger partial charge in [0.1, 0.15) is 5.54 Å². The molecule has 2 aromatic rings. The van der Waals surface area contributed by atoms with Crippen LogP contribution in [-0.4, -0.2) is 36.8 Å². The first-order valence-electron chi connectivity index (χ1n) is 10.4. The van der Waals surface area contributed by atoms with Crippen molar-refractivity contribution in [2.45, 2.75) is 42.5 Å². The van der Waals surface area contributed by atoms with E-state index in [-0.39, 0.29) is 5.91 Å². The Balaban J connectivity index is 1.78. The van der Waals surface area contributed by atoms with Gasteiger partial charge in [-0.3, -0.25) is 15.1 Å².